The summed E-state index contributed by atoms with van der Waals surface area (Å²) in [6.07, 6.45) is 1.24. The SMILES string of the molecule is O=C(NCc1ccccc1)c1nnc(/C(Cl)=C\c2cccc(F)c2F)s1. The fourth-order valence-corrected chi connectivity index (χ4v) is 3.03. The first-order valence-corrected chi connectivity index (χ1v) is 8.71. The Kier molecular flexibility index (Phi) is 5.70. The van der Waals surface area contributed by atoms with E-state index in [0.717, 1.165) is 23.0 Å². The molecule has 2 aromatic carbocycles. The minimum absolute atomic E-state index is 0.0136. The summed E-state index contributed by atoms with van der Waals surface area (Å²) in [5.74, 6) is -2.36. The lowest BCUT2D eigenvalue weighted by Gasteiger charge is -2.02. The topological polar surface area (TPSA) is 54.9 Å². The van der Waals surface area contributed by atoms with Gasteiger partial charge in [-0.3, -0.25) is 4.79 Å². The van der Waals surface area contributed by atoms with E-state index in [0.29, 0.717) is 6.54 Å². The molecule has 0 saturated carbocycles. The van der Waals surface area contributed by atoms with Gasteiger partial charge in [-0.1, -0.05) is 65.4 Å². The van der Waals surface area contributed by atoms with Crippen LogP contribution in [0.3, 0.4) is 0 Å². The van der Waals surface area contributed by atoms with Gasteiger partial charge in [-0.25, -0.2) is 8.78 Å². The molecule has 26 heavy (non-hydrogen) atoms. The molecule has 0 fully saturated rings. The minimum atomic E-state index is -1.00. The van der Waals surface area contributed by atoms with Gasteiger partial charge in [-0.05, 0) is 17.7 Å². The highest BCUT2D eigenvalue weighted by molar-refractivity contribution is 7.15. The molecule has 0 radical (unpaired) electrons. The van der Waals surface area contributed by atoms with Crippen LogP contribution in [0.4, 0.5) is 8.78 Å². The summed E-state index contributed by atoms with van der Waals surface area (Å²) in [6, 6.07) is 13.2. The zero-order valence-corrected chi connectivity index (χ0v) is 14.8. The average molecular weight is 392 g/mol. The van der Waals surface area contributed by atoms with Crippen LogP contribution in [-0.4, -0.2) is 16.1 Å². The molecule has 0 unspecified atom stereocenters. The lowest BCUT2D eigenvalue weighted by molar-refractivity contribution is 0.0950. The zero-order chi connectivity index (χ0) is 18.5. The molecule has 0 saturated heterocycles. The second-order valence-electron chi connectivity index (χ2n) is 5.22. The van der Waals surface area contributed by atoms with Crippen LogP contribution in [0.5, 0.6) is 0 Å². The fraction of sp³-hybridized carbons (Fsp3) is 0.0556. The molecule has 1 heterocycles. The number of aromatic nitrogens is 2. The van der Waals surface area contributed by atoms with Crippen molar-refractivity contribution < 1.29 is 13.6 Å². The van der Waals surface area contributed by atoms with E-state index in [1.807, 2.05) is 30.3 Å². The number of hydrogen-bond acceptors (Lipinski definition) is 4. The molecule has 4 nitrogen and oxygen atoms in total. The highest BCUT2D eigenvalue weighted by Crippen LogP contribution is 2.26. The first-order valence-electron chi connectivity index (χ1n) is 7.52. The van der Waals surface area contributed by atoms with Gasteiger partial charge in [0.15, 0.2) is 16.6 Å². The highest BCUT2D eigenvalue weighted by atomic mass is 35.5. The molecule has 1 N–H and O–H groups in total. The van der Waals surface area contributed by atoms with E-state index >= 15 is 0 Å². The Hall–Kier alpha value is -2.64. The second kappa shape index (κ2) is 8.16. The van der Waals surface area contributed by atoms with E-state index in [1.54, 1.807) is 0 Å². The number of benzene rings is 2. The Morgan fingerprint density at radius 1 is 1.08 bits per heavy atom. The Labute approximate surface area is 157 Å². The minimum Gasteiger partial charge on any atom is -0.346 e. The van der Waals surface area contributed by atoms with E-state index in [-0.39, 0.29) is 26.5 Å². The Morgan fingerprint density at radius 3 is 2.58 bits per heavy atom. The third-order valence-corrected chi connectivity index (χ3v) is 4.74. The van der Waals surface area contributed by atoms with Gasteiger partial charge in [0.1, 0.15) is 0 Å². The molecular weight excluding hydrogens is 380 g/mol. The van der Waals surface area contributed by atoms with E-state index in [9.17, 15) is 13.6 Å². The number of halogens is 3. The number of carbonyl (C=O) groups is 1. The molecular formula is C18H12ClF2N3OS. The van der Waals surface area contributed by atoms with Gasteiger partial charge in [0.2, 0.25) is 5.01 Å². The van der Waals surface area contributed by atoms with Gasteiger partial charge in [0.05, 0.1) is 5.03 Å². The summed E-state index contributed by atoms with van der Waals surface area (Å²) in [7, 11) is 0. The van der Waals surface area contributed by atoms with Gasteiger partial charge in [-0.15, -0.1) is 10.2 Å². The van der Waals surface area contributed by atoms with Crippen molar-refractivity contribution >= 4 is 40.0 Å². The quantitative estimate of drug-likeness (QED) is 0.697. The summed E-state index contributed by atoms with van der Waals surface area (Å²) in [5.41, 5.74) is 0.936. The average Bonchev–Trinajstić information content (AvgIpc) is 3.15. The molecule has 0 atom stereocenters. The summed E-state index contributed by atoms with van der Waals surface area (Å²) in [4.78, 5) is 12.1. The third-order valence-electron chi connectivity index (χ3n) is 3.38. The summed E-state index contributed by atoms with van der Waals surface area (Å²) < 4.78 is 26.9. The summed E-state index contributed by atoms with van der Waals surface area (Å²) in [6.45, 7) is 0.354. The third kappa shape index (κ3) is 4.30. The smallest absolute Gasteiger partial charge is 0.282 e. The van der Waals surface area contributed by atoms with Crippen molar-refractivity contribution in [1.82, 2.24) is 15.5 Å². The van der Waals surface area contributed by atoms with Gasteiger partial charge in [0, 0.05) is 12.1 Å². The Balaban J connectivity index is 1.71. The van der Waals surface area contributed by atoms with Crippen molar-refractivity contribution in [2.24, 2.45) is 0 Å². The van der Waals surface area contributed by atoms with Gasteiger partial charge in [-0.2, -0.15) is 0 Å². The van der Waals surface area contributed by atoms with E-state index in [1.165, 1.54) is 18.2 Å². The normalized spacial score (nSPS) is 11.4. The number of rotatable bonds is 5. The molecule has 1 aromatic heterocycles. The van der Waals surface area contributed by atoms with Crippen LogP contribution < -0.4 is 5.32 Å². The molecule has 3 aromatic rings. The van der Waals surface area contributed by atoms with Crippen LogP contribution in [0.1, 0.15) is 25.9 Å². The predicted octanol–water partition coefficient (Wildman–Crippen LogP) is 4.48. The van der Waals surface area contributed by atoms with Crippen molar-refractivity contribution in [2.45, 2.75) is 6.54 Å². The number of amides is 1. The fourth-order valence-electron chi connectivity index (χ4n) is 2.10. The van der Waals surface area contributed by atoms with Crippen LogP contribution in [0.15, 0.2) is 48.5 Å². The molecule has 0 aliphatic rings. The Bertz CT molecular complexity index is 960. The molecule has 3 rings (SSSR count). The maximum atomic E-state index is 13.7. The maximum absolute atomic E-state index is 13.7. The number of carbonyl (C=O) groups excluding carboxylic acids is 1. The largest absolute Gasteiger partial charge is 0.346 e. The highest BCUT2D eigenvalue weighted by Gasteiger charge is 2.15. The monoisotopic (exact) mass is 391 g/mol. The van der Waals surface area contributed by atoms with E-state index in [4.69, 9.17) is 11.6 Å². The number of hydrogen-bond donors (Lipinski definition) is 1. The van der Waals surface area contributed by atoms with E-state index < -0.39 is 11.6 Å². The van der Waals surface area contributed by atoms with Crippen LogP contribution in [0, 0.1) is 11.6 Å². The molecule has 8 heteroatoms. The first kappa shape index (κ1) is 18.2. The van der Waals surface area contributed by atoms with Crippen LogP contribution in [0.25, 0.3) is 11.1 Å². The lowest BCUT2D eigenvalue weighted by Crippen LogP contribution is -2.22. The maximum Gasteiger partial charge on any atom is 0.282 e. The number of nitrogens with one attached hydrogen (secondary N) is 1. The lowest BCUT2D eigenvalue weighted by atomic mass is 10.2. The first-order chi connectivity index (χ1) is 12.5. The van der Waals surface area contributed by atoms with Crippen LogP contribution in [0.2, 0.25) is 0 Å². The molecule has 0 bridgehead atoms. The van der Waals surface area contributed by atoms with Crippen molar-refractivity contribution in [1.29, 1.82) is 0 Å². The Morgan fingerprint density at radius 2 is 1.81 bits per heavy atom. The van der Waals surface area contributed by atoms with E-state index in [2.05, 4.69) is 15.5 Å². The van der Waals surface area contributed by atoms with Crippen LogP contribution >= 0.6 is 22.9 Å². The van der Waals surface area contributed by atoms with Crippen molar-refractivity contribution in [3.05, 3.63) is 81.3 Å². The van der Waals surface area contributed by atoms with Crippen molar-refractivity contribution in [3.8, 4) is 0 Å². The van der Waals surface area contributed by atoms with Gasteiger partial charge in [0.25, 0.3) is 5.91 Å². The second-order valence-corrected chi connectivity index (χ2v) is 6.60. The number of nitrogens with zero attached hydrogens (tertiary/aromatic N) is 2. The molecule has 0 aliphatic carbocycles. The molecule has 1 amide bonds. The van der Waals surface area contributed by atoms with Gasteiger partial charge < -0.3 is 5.32 Å². The predicted molar refractivity (Wildman–Crippen MR) is 97.6 cm³/mol. The van der Waals surface area contributed by atoms with Crippen molar-refractivity contribution in [2.75, 3.05) is 0 Å². The summed E-state index contributed by atoms with van der Waals surface area (Å²) in [5, 5.41) is 10.8. The van der Waals surface area contributed by atoms with Crippen LogP contribution in [-0.2, 0) is 6.54 Å². The molecule has 132 valence electrons. The molecule has 0 spiro atoms. The zero-order valence-electron chi connectivity index (χ0n) is 13.2. The standard InChI is InChI=1S/C18H12ClF2N3OS/c19-13(9-12-7-4-8-14(20)15(12)21)17-23-24-18(26-17)16(25)22-10-11-5-2-1-3-6-11/h1-9H,10H2,(H,22,25)/b13-9+. The van der Waals surface area contributed by atoms with Crippen molar-refractivity contribution in [3.63, 3.8) is 0 Å². The summed E-state index contributed by atoms with van der Waals surface area (Å²) >= 11 is 7.07. The van der Waals surface area contributed by atoms with Gasteiger partial charge >= 0.3 is 0 Å². The molecule has 0 aliphatic heterocycles.